The van der Waals surface area contributed by atoms with E-state index in [1.54, 1.807) is 55.1 Å². The van der Waals surface area contributed by atoms with Crippen molar-refractivity contribution in [2.45, 2.75) is 43.1 Å². The topological polar surface area (TPSA) is 149 Å². The Morgan fingerprint density at radius 3 is 2.49 bits per heavy atom. The molecule has 0 radical (unpaired) electrons. The van der Waals surface area contributed by atoms with Crippen molar-refractivity contribution >= 4 is 52.3 Å². The molecule has 3 fully saturated rings. The average Bonchev–Trinajstić information content (AvgIpc) is 3.82. The van der Waals surface area contributed by atoms with E-state index in [1.807, 2.05) is 31.2 Å². The van der Waals surface area contributed by atoms with Crippen molar-refractivity contribution in [2.24, 2.45) is 29.6 Å². The maximum atomic E-state index is 14.2. The molecule has 250 valence electrons. The molecule has 4 aliphatic rings. The predicted molar refractivity (Wildman–Crippen MR) is 182 cm³/mol. The quantitative estimate of drug-likeness (QED) is 0.1000. The first-order valence-corrected chi connectivity index (χ1v) is 17.9. The molecule has 3 heterocycles. The number of aryl methyl sites for hydroxylation is 1. The van der Waals surface area contributed by atoms with E-state index < -0.39 is 28.6 Å². The number of non-ortho nitro benzene ring substituents is 1. The van der Waals surface area contributed by atoms with Gasteiger partial charge in [-0.2, -0.15) is 0 Å². The highest BCUT2D eigenvalue weighted by Gasteiger charge is 2.70. The van der Waals surface area contributed by atoms with Crippen LogP contribution in [0, 0.1) is 46.6 Å². The van der Waals surface area contributed by atoms with Crippen LogP contribution in [-0.2, 0) is 20.9 Å². The molecular weight excluding hydrogens is 667 g/mol. The molecule has 4 aromatic rings. The van der Waals surface area contributed by atoms with Crippen LogP contribution in [0.1, 0.15) is 51.2 Å². The number of benzene rings is 3. The Balaban J connectivity index is 1.18. The zero-order valence-electron chi connectivity index (χ0n) is 26.5. The minimum absolute atomic E-state index is 0.0947. The van der Waals surface area contributed by atoms with Gasteiger partial charge in [0.25, 0.3) is 5.69 Å². The number of fused-ring (bicyclic) bond motifs is 9. The maximum absolute atomic E-state index is 14.2. The number of thiazole rings is 1. The van der Waals surface area contributed by atoms with Crippen molar-refractivity contribution < 1.29 is 28.8 Å². The molecule has 13 heteroatoms. The standard InChI is InChI=1S/C36H31N3O8S2/c1-3-46-35(42)19-7-9-20(10-8-19)38-33(40)28-23-15-24(29(28)34(38)41)30-27(23)26(31-32(48-30)37-36(43)49-31)22-14-21(39(44)45)11-12-25(22)47-16-18-6-4-5-17(2)13-18/h4-14,23-24,26-30H,3,15-16H2,1-2H3,(H,37,43)/t23-,24-,26?,27?,28?,29?,30?/m1/s1. The van der Waals surface area contributed by atoms with Gasteiger partial charge in [-0.15, -0.1) is 11.8 Å². The summed E-state index contributed by atoms with van der Waals surface area (Å²) in [5.74, 6) is -2.62. The van der Waals surface area contributed by atoms with Crippen molar-refractivity contribution in [2.75, 3.05) is 11.5 Å². The van der Waals surface area contributed by atoms with E-state index >= 15 is 0 Å². The first kappa shape index (κ1) is 31.5. The van der Waals surface area contributed by atoms with Gasteiger partial charge in [-0.05, 0) is 73.9 Å². The van der Waals surface area contributed by atoms with Crippen LogP contribution in [0.3, 0.4) is 0 Å². The van der Waals surface area contributed by atoms with E-state index in [-0.39, 0.29) is 58.6 Å². The summed E-state index contributed by atoms with van der Waals surface area (Å²) in [7, 11) is 0. The van der Waals surface area contributed by atoms with Crippen LogP contribution in [0.4, 0.5) is 11.4 Å². The number of ether oxygens (including phenoxy) is 2. The van der Waals surface area contributed by atoms with E-state index in [1.165, 1.54) is 11.0 Å². The summed E-state index contributed by atoms with van der Waals surface area (Å²) in [5, 5.41) is 12.6. The monoisotopic (exact) mass is 697 g/mol. The number of H-pyrrole nitrogens is 1. The summed E-state index contributed by atoms with van der Waals surface area (Å²) >= 11 is 2.63. The van der Waals surface area contributed by atoms with Gasteiger partial charge in [0.15, 0.2) is 0 Å². The molecule has 0 spiro atoms. The number of anilines is 1. The predicted octanol–water partition coefficient (Wildman–Crippen LogP) is 6.09. The third-order valence-electron chi connectivity index (χ3n) is 10.4. The van der Waals surface area contributed by atoms with Crippen LogP contribution in [0.15, 0.2) is 76.6 Å². The molecule has 5 unspecified atom stereocenters. The van der Waals surface area contributed by atoms with E-state index in [0.717, 1.165) is 27.3 Å². The number of hydrogen-bond acceptors (Lipinski definition) is 10. The number of thioether (sulfide) groups is 1. The second-order valence-electron chi connectivity index (χ2n) is 13.0. The van der Waals surface area contributed by atoms with E-state index in [4.69, 9.17) is 9.47 Å². The third-order valence-corrected chi connectivity index (χ3v) is 13.0. The molecule has 2 aliphatic carbocycles. The number of nitrogens with one attached hydrogen (secondary N) is 1. The third kappa shape index (κ3) is 5.09. The molecular formula is C36H31N3O8S2. The molecule has 7 atom stereocenters. The number of aromatic nitrogens is 1. The van der Waals surface area contributed by atoms with Crippen molar-refractivity contribution in [3.63, 3.8) is 0 Å². The first-order chi connectivity index (χ1) is 23.6. The number of aromatic amines is 1. The zero-order valence-corrected chi connectivity index (χ0v) is 28.1. The van der Waals surface area contributed by atoms with Crippen LogP contribution in [-0.4, -0.2) is 39.5 Å². The Hall–Kier alpha value is -4.75. The van der Waals surface area contributed by atoms with Gasteiger partial charge in [0.2, 0.25) is 11.8 Å². The van der Waals surface area contributed by atoms with E-state index in [2.05, 4.69) is 4.98 Å². The van der Waals surface area contributed by atoms with Crippen LogP contribution < -0.4 is 14.5 Å². The second kappa shape index (κ2) is 12.0. The number of imide groups is 1. The molecule has 3 aromatic carbocycles. The van der Waals surface area contributed by atoms with Gasteiger partial charge in [-0.1, -0.05) is 41.2 Å². The molecule has 2 saturated carbocycles. The summed E-state index contributed by atoms with van der Waals surface area (Å²) in [5.41, 5.74) is 3.26. The van der Waals surface area contributed by atoms with E-state index in [0.29, 0.717) is 34.0 Å². The summed E-state index contributed by atoms with van der Waals surface area (Å²) in [6.45, 7) is 4.18. The minimum Gasteiger partial charge on any atom is -0.489 e. The Morgan fingerprint density at radius 2 is 1.78 bits per heavy atom. The van der Waals surface area contributed by atoms with Gasteiger partial charge in [-0.3, -0.25) is 29.4 Å². The van der Waals surface area contributed by atoms with Gasteiger partial charge < -0.3 is 14.5 Å². The van der Waals surface area contributed by atoms with Crippen molar-refractivity contribution in [1.29, 1.82) is 0 Å². The fourth-order valence-corrected chi connectivity index (χ4v) is 11.4. The Labute approximate surface area is 288 Å². The van der Waals surface area contributed by atoms with Gasteiger partial charge in [0.05, 0.1) is 39.6 Å². The number of nitrogens with zero attached hydrogens (tertiary/aromatic N) is 2. The fraction of sp³-hybridized carbons (Fsp3) is 0.333. The normalized spacial score (nSPS) is 26.3. The van der Waals surface area contributed by atoms with Crippen LogP contribution in [0.5, 0.6) is 5.75 Å². The number of carbonyl (C=O) groups excluding carboxylic acids is 3. The minimum atomic E-state index is -0.570. The lowest BCUT2D eigenvalue weighted by Gasteiger charge is -2.43. The lowest BCUT2D eigenvalue weighted by atomic mass is 9.68. The van der Waals surface area contributed by atoms with Gasteiger partial charge in [-0.25, -0.2) is 4.79 Å². The SMILES string of the molecule is CCOC(=O)c1ccc(N2C(=O)C3C(C2=O)[C@@H]2C[C@H]3C3Sc4[nH]c(=O)sc4C(c4cc([N+](=O)[O-])ccc4OCc4cccc(C)c4)C32)cc1. The molecule has 2 amide bonds. The number of carbonyl (C=O) groups is 3. The van der Waals surface area contributed by atoms with Crippen LogP contribution >= 0.6 is 23.1 Å². The van der Waals surface area contributed by atoms with E-state index in [9.17, 15) is 29.3 Å². The van der Waals surface area contributed by atoms with Gasteiger partial charge in [0.1, 0.15) is 12.4 Å². The summed E-state index contributed by atoms with van der Waals surface area (Å²) in [6, 6.07) is 18.8. The average molecular weight is 698 g/mol. The molecule has 1 N–H and O–H groups in total. The number of esters is 1. The Kier molecular flexibility index (Phi) is 7.71. The summed E-state index contributed by atoms with van der Waals surface area (Å²) < 4.78 is 11.5. The van der Waals surface area contributed by atoms with Gasteiger partial charge in [0, 0.05) is 33.7 Å². The van der Waals surface area contributed by atoms with Crippen LogP contribution in [0.25, 0.3) is 0 Å². The molecule has 1 aromatic heterocycles. The molecule has 49 heavy (non-hydrogen) atoms. The summed E-state index contributed by atoms with van der Waals surface area (Å²) in [4.78, 5) is 69.7. The first-order valence-electron chi connectivity index (χ1n) is 16.2. The molecule has 2 aliphatic heterocycles. The second-order valence-corrected chi connectivity index (χ2v) is 15.2. The fourth-order valence-electron chi connectivity index (χ4n) is 8.57. The number of nitro benzene ring substituents is 1. The highest BCUT2D eigenvalue weighted by Crippen LogP contribution is 2.69. The smallest absolute Gasteiger partial charge is 0.338 e. The highest BCUT2D eigenvalue weighted by atomic mass is 32.2. The molecule has 8 rings (SSSR count). The maximum Gasteiger partial charge on any atom is 0.338 e. The number of rotatable bonds is 8. The number of nitro groups is 1. The molecule has 11 nitrogen and oxygen atoms in total. The largest absolute Gasteiger partial charge is 0.489 e. The molecule has 2 bridgehead atoms. The zero-order chi connectivity index (χ0) is 34.1. The lowest BCUT2D eigenvalue weighted by molar-refractivity contribution is -0.385. The highest BCUT2D eigenvalue weighted by molar-refractivity contribution is 8.00. The van der Waals surface area contributed by atoms with Crippen molar-refractivity contribution in [3.8, 4) is 5.75 Å². The number of hydrogen-bond donors (Lipinski definition) is 1. The van der Waals surface area contributed by atoms with Crippen molar-refractivity contribution in [3.05, 3.63) is 114 Å². The Bertz CT molecular complexity index is 2090. The lowest BCUT2D eigenvalue weighted by Crippen LogP contribution is -2.42. The van der Waals surface area contributed by atoms with Gasteiger partial charge >= 0.3 is 10.8 Å². The molecule has 1 saturated heterocycles. The van der Waals surface area contributed by atoms with Crippen LogP contribution in [0.2, 0.25) is 0 Å². The number of amides is 2. The summed E-state index contributed by atoms with van der Waals surface area (Å²) in [6.07, 6.45) is 0.662. The Morgan fingerprint density at radius 1 is 1.02 bits per heavy atom. The van der Waals surface area contributed by atoms with Crippen molar-refractivity contribution in [1.82, 2.24) is 4.98 Å².